The van der Waals surface area contributed by atoms with Crippen molar-refractivity contribution in [1.82, 2.24) is 0 Å². The smallest absolute Gasteiger partial charge is 0.418 e. The van der Waals surface area contributed by atoms with Gasteiger partial charge in [0.2, 0.25) is 5.91 Å². The van der Waals surface area contributed by atoms with Gasteiger partial charge in [0.25, 0.3) is 5.91 Å². The van der Waals surface area contributed by atoms with Crippen molar-refractivity contribution in [3.63, 3.8) is 0 Å². The molecule has 9 nitrogen and oxygen atoms in total. The number of halogens is 3. The number of nitrogens with zero attached hydrogens (tertiary/aromatic N) is 1. The van der Waals surface area contributed by atoms with E-state index in [4.69, 9.17) is 9.94 Å². The predicted molar refractivity (Wildman–Crippen MR) is 105 cm³/mol. The largest absolute Gasteiger partial charge is 0.733 e. The van der Waals surface area contributed by atoms with E-state index in [2.05, 4.69) is 10.6 Å². The van der Waals surface area contributed by atoms with Crippen LogP contribution < -0.4 is 20.6 Å². The number of amides is 2. The highest BCUT2D eigenvalue weighted by Crippen LogP contribution is 2.37. The highest BCUT2D eigenvalue weighted by atomic mass is 19.4. The van der Waals surface area contributed by atoms with Gasteiger partial charge in [-0.25, -0.2) is 0 Å². The molecule has 0 saturated carbocycles. The molecule has 0 unspecified atom stereocenters. The number of ether oxygens (including phenoxy) is 1. The number of anilines is 3. The van der Waals surface area contributed by atoms with Crippen molar-refractivity contribution >= 4 is 28.9 Å². The molecule has 2 aromatic carbocycles. The zero-order valence-corrected chi connectivity index (χ0v) is 16.4. The SMILES string of the molecule is CC(=O)Nc1ccc(OC[C@](C)(O)C(=O)Nc2ccc(N([O-])O)c(C(F)(F)F)c2)cc1. The molecule has 31 heavy (non-hydrogen) atoms. The van der Waals surface area contributed by atoms with Crippen LogP contribution in [-0.4, -0.2) is 34.3 Å². The summed E-state index contributed by atoms with van der Waals surface area (Å²) in [6.07, 6.45) is -4.98. The molecule has 2 rings (SSSR count). The number of hydrogen-bond acceptors (Lipinski definition) is 7. The van der Waals surface area contributed by atoms with Crippen LogP contribution in [0.15, 0.2) is 42.5 Å². The van der Waals surface area contributed by atoms with Gasteiger partial charge in [0.05, 0.1) is 11.3 Å². The zero-order valence-electron chi connectivity index (χ0n) is 16.4. The Morgan fingerprint density at radius 3 is 2.19 bits per heavy atom. The maximum absolute atomic E-state index is 13.1. The zero-order chi connectivity index (χ0) is 23.4. The average Bonchev–Trinajstić information content (AvgIpc) is 2.66. The van der Waals surface area contributed by atoms with E-state index in [1.807, 2.05) is 0 Å². The molecule has 1 atom stereocenters. The summed E-state index contributed by atoms with van der Waals surface area (Å²) in [4.78, 5) is 23.3. The third kappa shape index (κ3) is 6.57. The van der Waals surface area contributed by atoms with E-state index >= 15 is 0 Å². The first-order chi connectivity index (χ1) is 14.3. The van der Waals surface area contributed by atoms with Crippen LogP contribution in [0.5, 0.6) is 5.75 Å². The number of benzene rings is 2. The lowest BCUT2D eigenvalue weighted by Crippen LogP contribution is -2.45. The van der Waals surface area contributed by atoms with E-state index in [1.54, 1.807) is 0 Å². The minimum atomic E-state index is -4.98. The Labute approximate surface area is 174 Å². The standard InChI is InChI=1S/C19H19F3N3O6/c1-11(26)23-12-3-6-14(7-4-12)31-10-18(2,28)17(27)24-13-5-8-16(25(29)30)15(9-13)19(20,21)22/h3-9,28-29H,10H2,1-2H3,(H,23,26)(H,24,27)/q-1/t18-/m0/s1. The van der Waals surface area contributed by atoms with Crippen molar-refractivity contribution < 1.29 is 37.8 Å². The van der Waals surface area contributed by atoms with E-state index in [1.165, 1.54) is 31.2 Å². The quantitative estimate of drug-likeness (QED) is 0.484. The van der Waals surface area contributed by atoms with Crippen LogP contribution >= 0.6 is 0 Å². The number of nitrogens with one attached hydrogen (secondary N) is 2. The van der Waals surface area contributed by atoms with Crippen molar-refractivity contribution in [2.75, 3.05) is 22.5 Å². The van der Waals surface area contributed by atoms with Gasteiger partial charge in [-0.2, -0.15) is 13.2 Å². The van der Waals surface area contributed by atoms with Gasteiger partial charge >= 0.3 is 6.18 Å². The maximum Gasteiger partial charge on any atom is 0.418 e. The Bertz CT molecular complexity index is 946. The van der Waals surface area contributed by atoms with Gasteiger partial charge < -0.3 is 30.9 Å². The molecule has 0 aliphatic carbocycles. The number of aliphatic hydroxyl groups is 1. The molecule has 0 aliphatic rings. The maximum atomic E-state index is 13.1. The minimum absolute atomic E-state index is 0.267. The molecule has 0 fully saturated rings. The Balaban J connectivity index is 2.07. The van der Waals surface area contributed by atoms with Crippen molar-refractivity contribution in [2.24, 2.45) is 0 Å². The summed E-state index contributed by atoms with van der Waals surface area (Å²) in [7, 11) is 0. The molecule has 0 radical (unpaired) electrons. The van der Waals surface area contributed by atoms with Gasteiger partial charge in [-0.15, -0.1) is 0 Å². The molecule has 0 spiro atoms. The summed E-state index contributed by atoms with van der Waals surface area (Å²) in [6, 6.07) is 8.12. The van der Waals surface area contributed by atoms with Gasteiger partial charge in [-0.05, 0) is 49.4 Å². The van der Waals surface area contributed by atoms with Gasteiger partial charge in [-0.1, -0.05) is 0 Å². The monoisotopic (exact) mass is 442 g/mol. The van der Waals surface area contributed by atoms with Crippen LogP contribution in [0.1, 0.15) is 19.4 Å². The van der Waals surface area contributed by atoms with Gasteiger partial charge in [0.15, 0.2) is 5.60 Å². The average molecular weight is 442 g/mol. The molecule has 168 valence electrons. The molecule has 0 aliphatic heterocycles. The number of rotatable bonds is 7. The molecule has 0 aromatic heterocycles. The van der Waals surface area contributed by atoms with E-state index in [0.29, 0.717) is 17.8 Å². The first-order valence-electron chi connectivity index (χ1n) is 8.71. The topological polar surface area (TPSA) is 134 Å². The predicted octanol–water partition coefficient (Wildman–Crippen LogP) is 3.13. The highest BCUT2D eigenvalue weighted by Gasteiger charge is 2.36. The molecule has 0 heterocycles. The van der Waals surface area contributed by atoms with Crippen LogP contribution in [0.2, 0.25) is 0 Å². The summed E-state index contributed by atoms with van der Waals surface area (Å²) in [5.41, 5.74) is -4.51. The summed E-state index contributed by atoms with van der Waals surface area (Å²) in [6.45, 7) is 1.90. The molecule has 2 amide bonds. The minimum Gasteiger partial charge on any atom is -0.733 e. The van der Waals surface area contributed by atoms with Crippen LogP contribution in [0.4, 0.5) is 30.2 Å². The molecular weight excluding hydrogens is 423 g/mol. The first kappa shape index (κ1) is 23.9. The number of carbonyl (C=O) groups excluding carboxylic acids is 2. The molecule has 2 aromatic rings. The van der Waals surface area contributed by atoms with E-state index in [0.717, 1.165) is 13.0 Å². The Hall–Kier alpha value is -3.35. The lowest BCUT2D eigenvalue weighted by atomic mass is 10.1. The highest BCUT2D eigenvalue weighted by molar-refractivity contribution is 5.97. The number of hydrogen-bond donors (Lipinski definition) is 4. The van der Waals surface area contributed by atoms with Crippen molar-refractivity contribution in [2.45, 2.75) is 25.6 Å². The summed E-state index contributed by atoms with van der Waals surface area (Å²) >= 11 is 0. The third-order valence-corrected chi connectivity index (χ3v) is 3.95. The number of carbonyl (C=O) groups is 2. The Kier molecular flexibility index (Phi) is 7.10. The third-order valence-electron chi connectivity index (χ3n) is 3.95. The molecular formula is C19H19F3N3O6-. The Morgan fingerprint density at radius 2 is 1.68 bits per heavy atom. The summed E-state index contributed by atoms with van der Waals surface area (Å²) in [5, 5.41) is 33.8. The van der Waals surface area contributed by atoms with Gasteiger partial charge in [-0.3, -0.25) is 14.8 Å². The van der Waals surface area contributed by atoms with Crippen molar-refractivity contribution in [3.05, 3.63) is 53.2 Å². The lowest BCUT2D eigenvalue weighted by Gasteiger charge is -2.26. The second-order valence-electron chi connectivity index (χ2n) is 6.72. The molecule has 0 bridgehead atoms. The van der Waals surface area contributed by atoms with Crippen molar-refractivity contribution in [3.8, 4) is 5.75 Å². The fourth-order valence-electron chi connectivity index (χ4n) is 2.40. The van der Waals surface area contributed by atoms with Gasteiger partial charge in [0.1, 0.15) is 12.4 Å². The fraction of sp³-hybridized carbons (Fsp3) is 0.263. The van der Waals surface area contributed by atoms with Crippen LogP contribution in [0.3, 0.4) is 0 Å². The number of alkyl halides is 3. The normalized spacial score (nSPS) is 13.2. The second-order valence-corrected chi connectivity index (χ2v) is 6.72. The molecule has 12 heteroatoms. The fourth-order valence-corrected chi connectivity index (χ4v) is 2.40. The lowest BCUT2D eigenvalue weighted by molar-refractivity contribution is -0.137. The van der Waals surface area contributed by atoms with Crippen LogP contribution in [0, 0.1) is 5.21 Å². The van der Waals surface area contributed by atoms with Gasteiger partial charge in [0, 0.05) is 18.3 Å². The summed E-state index contributed by atoms with van der Waals surface area (Å²) in [5.74, 6) is -1.06. The van der Waals surface area contributed by atoms with Crippen molar-refractivity contribution in [1.29, 1.82) is 0 Å². The summed E-state index contributed by atoms with van der Waals surface area (Å²) < 4.78 is 44.6. The van der Waals surface area contributed by atoms with E-state index in [-0.39, 0.29) is 17.3 Å². The second kappa shape index (κ2) is 9.20. The van der Waals surface area contributed by atoms with E-state index in [9.17, 15) is 33.1 Å². The Morgan fingerprint density at radius 1 is 1.10 bits per heavy atom. The molecule has 4 N–H and O–H groups in total. The van der Waals surface area contributed by atoms with Crippen LogP contribution in [0.25, 0.3) is 0 Å². The molecule has 0 saturated heterocycles. The van der Waals surface area contributed by atoms with E-state index < -0.39 is 40.8 Å². The first-order valence-corrected chi connectivity index (χ1v) is 8.71. The van der Waals surface area contributed by atoms with Crippen LogP contribution in [-0.2, 0) is 15.8 Å².